The molecule has 2 aromatic heterocycles. The van der Waals surface area contributed by atoms with Crippen molar-refractivity contribution >= 4 is 29.0 Å². The number of hydrogen-bond donors (Lipinski definition) is 2. The number of aromatic nitrogens is 2. The number of aromatic carboxylic acids is 1. The maximum absolute atomic E-state index is 13.7. The van der Waals surface area contributed by atoms with Gasteiger partial charge in [-0.2, -0.15) is 0 Å². The maximum atomic E-state index is 13.7. The van der Waals surface area contributed by atoms with Gasteiger partial charge in [-0.1, -0.05) is 12.1 Å². The van der Waals surface area contributed by atoms with Gasteiger partial charge in [-0.3, -0.25) is 4.98 Å². The van der Waals surface area contributed by atoms with Crippen molar-refractivity contribution in [1.82, 2.24) is 14.9 Å². The van der Waals surface area contributed by atoms with Gasteiger partial charge < -0.3 is 19.9 Å². The van der Waals surface area contributed by atoms with E-state index in [2.05, 4.69) is 16.4 Å². The molecule has 5 rings (SSSR count). The second kappa shape index (κ2) is 8.96. The molecule has 1 aliphatic rings. The van der Waals surface area contributed by atoms with E-state index in [0.29, 0.717) is 5.11 Å². The predicted octanol–water partition coefficient (Wildman–Crippen LogP) is 5.50. The number of nitrogens with one attached hydrogen (secondary N) is 1. The second-order valence-corrected chi connectivity index (χ2v) is 8.88. The first-order valence-corrected chi connectivity index (χ1v) is 11.5. The minimum absolute atomic E-state index is 0.222. The topological polar surface area (TPSA) is 70.4 Å². The molecule has 1 saturated heterocycles. The highest BCUT2D eigenvalue weighted by atomic mass is 32.1. The second-order valence-electron chi connectivity index (χ2n) is 8.49. The minimum Gasteiger partial charge on any atom is -0.478 e. The summed E-state index contributed by atoms with van der Waals surface area (Å²) < 4.78 is 15.8. The zero-order chi connectivity index (χ0) is 24.7. The number of carbonyl (C=O) groups is 1. The first kappa shape index (κ1) is 22.7. The highest BCUT2D eigenvalue weighted by Crippen LogP contribution is 2.43. The lowest BCUT2D eigenvalue weighted by molar-refractivity contribution is 0.0697. The van der Waals surface area contributed by atoms with Crippen LogP contribution in [0.3, 0.4) is 0 Å². The number of carboxylic acid groups (broad SMARTS) is 1. The van der Waals surface area contributed by atoms with Crippen LogP contribution in [0, 0.1) is 19.7 Å². The van der Waals surface area contributed by atoms with E-state index in [1.165, 1.54) is 12.1 Å². The third kappa shape index (κ3) is 4.06. The number of nitrogens with zero attached hydrogens (tertiary/aromatic N) is 3. The van der Waals surface area contributed by atoms with Crippen LogP contribution < -0.4 is 10.2 Å². The average Bonchev–Trinajstić information content (AvgIpc) is 3.35. The van der Waals surface area contributed by atoms with Crippen LogP contribution in [-0.2, 0) is 0 Å². The van der Waals surface area contributed by atoms with Crippen molar-refractivity contribution in [3.63, 3.8) is 0 Å². The van der Waals surface area contributed by atoms with Crippen LogP contribution in [0.5, 0.6) is 0 Å². The van der Waals surface area contributed by atoms with Crippen LogP contribution >= 0.6 is 12.2 Å². The normalized spacial score (nSPS) is 17.5. The molecule has 1 aliphatic heterocycles. The Labute approximate surface area is 207 Å². The molecule has 2 N–H and O–H groups in total. The monoisotopic (exact) mass is 486 g/mol. The predicted molar refractivity (Wildman–Crippen MR) is 137 cm³/mol. The Balaban J connectivity index is 1.67. The molecule has 6 nitrogen and oxygen atoms in total. The molecule has 0 saturated carbocycles. The van der Waals surface area contributed by atoms with E-state index in [1.54, 1.807) is 36.5 Å². The third-order valence-electron chi connectivity index (χ3n) is 6.34. The Bertz CT molecular complexity index is 1420. The Kier molecular flexibility index (Phi) is 5.82. The maximum Gasteiger partial charge on any atom is 0.335 e. The van der Waals surface area contributed by atoms with E-state index in [0.717, 1.165) is 34.0 Å². The first-order valence-electron chi connectivity index (χ1n) is 11.1. The van der Waals surface area contributed by atoms with E-state index in [9.17, 15) is 14.3 Å². The molecule has 0 spiro atoms. The van der Waals surface area contributed by atoms with Crippen molar-refractivity contribution in [2.75, 3.05) is 4.90 Å². The van der Waals surface area contributed by atoms with Crippen molar-refractivity contribution in [2.45, 2.75) is 25.9 Å². The van der Waals surface area contributed by atoms with E-state index in [-0.39, 0.29) is 23.5 Å². The standard InChI is InChI=1S/C27H23FN4O2S/c1-16-14-22(17(2)31(16)21-7-5-6-18(15-21)26(33)34)25-24(23-8-3-4-13-29-23)30-27(35)32(25)20-11-9-19(28)10-12-20/h3-15,24-25H,1-2H3,(H,30,35)(H,33,34). The summed E-state index contributed by atoms with van der Waals surface area (Å²) in [6, 6.07) is 20.5. The fourth-order valence-electron chi connectivity index (χ4n) is 4.81. The molecular formula is C27H23FN4O2S. The minimum atomic E-state index is -0.974. The molecule has 4 aromatic rings. The largest absolute Gasteiger partial charge is 0.478 e. The Morgan fingerprint density at radius 1 is 1.03 bits per heavy atom. The van der Waals surface area contributed by atoms with Gasteiger partial charge in [0.1, 0.15) is 5.82 Å². The summed E-state index contributed by atoms with van der Waals surface area (Å²) in [5.74, 6) is -1.29. The van der Waals surface area contributed by atoms with Crippen molar-refractivity contribution in [1.29, 1.82) is 0 Å². The molecule has 35 heavy (non-hydrogen) atoms. The van der Waals surface area contributed by atoms with Crippen LogP contribution in [0.4, 0.5) is 10.1 Å². The molecule has 3 heterocycles. The van der Waals surface area contributed by atoms with Gasteiger partial charge in [0.15, 0.2) is 5.11 Å². The molecule has 2 unspecified atom stereocenters. The zero-order valence-electron chi connectivity index (χ0n) is 19.1. The summed E-state index contributed by atoms with van der Waals surface area (Å²) in [6.45, 7) is 4.00. The lowest BCUT2D eigenvalue weighted by Crippen LogP contribution is -2.29. The van der Waals surface area contributed by atoms with E-state index < -0.39 is 5.97 Å². The fourth-order valence-corrected chi connectivity index (χ4v) is 5.16. The summed E-state index contributed by atoms with van der Waals surface area (Å²) in [4.78, 5) is 18.1. The smallest absolute Gasteiger partial charge is 0.335 e. The average molecular weight is 487 g/mol. The number of aryl methyl sites for hydroxylation is 1. The van der Waals surface area contributed by atoms with Crippen LogP contribution in [0.2, 0.25) is 0 Å². The fraction of sp³-hybridized carbons (Fsp3) is 0.148. The van der Waals surface area contributed by atoms with E-state index >= 15 is 0 Å². The van der Waals surface area contributed by atoms with Gasteiger partial charge in [-0.05, 0) is 92.3 Å². The quantitative estimate of drug-likeness (QED) is 0.363. The molecule has 2 atom stereocenters. The molecule has 8 heteroatoms. The summed E-state index contributed by atoms with van der Waals surface area (Å²) in [6.07, 6.45) is 1.75. The number of rotatable bonds is 5. The van der Waals surface area contributed by atoms with Gasteiger partial charge in [0, 0.05) is 29.0 Å². The molecule has 176 valence electrons. The Hall–Kier alpha value is -4.04. The van der Waals surface area contributed by atoms with Gasteiger partial charge in [0.05, 0.1) is 23.3 Å². The Morgan fingerprint density at radius 2 is 1.80 bits per heavy atom. The number of anilines is 1. The van der Waals surface area contributed by atoms with Crippen LogP contribution in [-0.4, -0.2) is 25.7 Å². The number of thiocarbonyl (C=S) groups is 1. The number of carboxylic acids is 1. The van der Waals surface area contributed by atoms with Crippen LogP contribution in [0.1, 0.15) is 45.1 Å². The SMILES string of the molecule is Cc1cc(C2C(c3ccccn3)NC(=S)N2c2ccc(F)cc2)c(C)n1-c1cccc(C(=O)O)c1. The lowest BCUT2D eigenvalue weighted by Gasteiger charge is -2.28. The lowest BCUT2D eigenvalue weighted by atomic mass is 9.96. The molecule has 0 radical (unpaired) electrons. The number of pyridine rings is 1. The van der Waals surface area contributed by atoms with Crippen molar-refractivity contribution in [3.05, 3.63) is 113 Å². The van der Waals surface area contributed by atoms with Gasteiger partial charge in [-0.15, -0.1) is 0 Å². The van der Waals surface area contributed by atoms with Gasteiger partial charge >= 0.3 is 5.97 Å². The van der Waals surface area contributed by atoms with Gasteiger partial charge in [-0.25, -0.2) is 9.18 Å². The van der Waals surface area contributed by atoms with E-state index in [4.69, 9.17) is 12.2 Å². The summed E-state index contributed by atoms with van der Waals surface area (Å²) >= 11 is 5.75. The molecule has 1 fully saturated rings. The van der Waals surface area contributed by atoms with Gasteiger partial charge in [0.25, 0.3) is 0 Å². The number of hydrogen-bond acceptors (Lipinski definition) is 3. The van der Waals surface area contributed by atoms with Gasteiger partial charge in [0.2, 0.25) is 0 Å². The van der Waals surface area contributed by atoms with Crippen molar-refractivity contribution in [3.8, 4) is 5.69 Å². The first-order chi connectivity index (χ1) is 16.8. The summed E-state index contributed by atoms with van der Waals surface area (Å²) in [7, 11) is 0. The van der Waals surface area contributed by atoms with Crippen LogP contribution in [0.25, 0.3) is 5.69 Å². The highest BCUT2D eigenvalue weighted by molar-refractivity contribution is 7.80. The van der Waals surface area contributed by atoms with Crippen LogP contribution in [0.15, 0.2) is 79.0 Å². The molecule has 0 amide bonds. The molecular weight excluding hydrogens is 463 g/mol. The van der Waals surface area contributed by atoms with Crippen molar-refractivity contribution < 1.29 is 14.3 Å². The molecule has 0 aliphatic carbocycles. The van der Waals surface area contributed by atoms with Crippen molar-refractivity contribution in [2.24, 2.45) is 0 Å². The number of benzene rings is 2. The van der Waals surface area contributed by atoms with E-state index in [1.807, 2.05) is 47.6 Å². The highest BCUT2D eigenvalue weighted by Gasteiger charge is 2.42. The summed E-state index contributed by atoms with van der Waals surface area (Å²) in [5, 5.41) is 13.4. The molecule has 0 bridgehead atoms. The number of halogens is 1. The third-order valence-corrected chi connectivity index (χ3v) is 6.66. The molecule has 2 aromatic carbocycles. The Morgan fingerprint density at radius 3 is 2.49 bits per heavy atom. The zero-order valence-corrected chi connectivity index (χ0v) is 20.0. The summed E-state index contributed by atoms with van der Waals surface area (Å²) in [5.41, 5.74) is 5.51.